The summed E-state index contributed by atoms with van der Waals surface area (Å²) in [5.74, 6) is -1.12. The highest BCUT2D eigenvalue weighted by Crippen LogP contribution is 2.34. The number of rotatable bonds is 10. The molecule has 202 valence electrons. The van der Waals surface area contributed by atoms with Gasteiger partial charge in [-0.05, 0) is 29.8 Å². The number of hydrogen-bond acceptors (Lipinski definition) is 4. The van der Waals surface area contributed by atoms with E-state index in [1.165, 1.54) is 30.1 Å². The van der Waals surface area contributed by atoms with E-state index in [0.29, 0.717) is 15.6 Å². The highest BCUT2D eigenvalue weighted by atomic mass is 35.5. The summed E-state index contributed by atoms with van der Waals surface area (Å²) in [5.41, 5.74) is 1.24. The van der Waals surface area contributed by atoms with Gasteiger partial charge in [-0.2, -0.15) is 0 Å². The molecule has 0 radical (unpaired) electrons. The first-order valence-corrected chi connectivity index (χ1v) is 14.7. The maximum Gasteiger partial charge on any atom is 0.244 e. The first kappa shape index (κ1) is 30.1. The Kier molecular flexibility index (Phi) is 10.3. The fourth-order valence-corrected chi connectivity index (χ4v) is 5.67. The van der Waals surface area contributed by atoms with Crippen molar-refractivity contribution < 1.29 is 18.0 Å². The Morgan fingerprint density at radius 1 is 0.868 bits per heavy atom. The first-order chi connectivity index (χ1) is 17.9. The van der Waals surface area contributed by atoms with Gasteiger partial charge in [0.05, 0.1) is 22.0 Å². The molecule has 3 rings (SSSR count). The van der Waals surface area contributed by atoms with Gasteiger partial charge in [0.1, 0.15) is 12.6 Å². The minimum absolute atomic E-state index is 0.0276. The molecule has 3 aromatic carbocycles. The highest BCUT2D eigenvalue weighted by Gasteiger charge is 2.34. The van der Waals surface area contributed by atoms with Crippen molar-refractivity contribution in [2.75, 3.05) is 24.2 Å². The van der Waals surface area contributed by atoms with Gasteiger partial charge in [0.2, 0.25) is 21.8 Å². The quantitative estimate of drug-likeness (QED) is 0.328. The van der Waals surface area contributed by atoms with E-state index < -0.39 is 34.4 Å². The van der Waals surface area contributed by atoms with Gasteiger partial charge in [0, 0.05) is 35.6 Å². The molecule has 0 saturated carbocycles. The van der Waals surface area contributed by atoms with Gasteiger partial charge in [0.25, 0.3) is 0 Å². The average Bonchev–Trinajstić information content (AvgIpc) is 2.87. The topological polar surface area (TPSA) is 86.8 Å². The Bertz CT molecular complexity index is 1400. The second-order valence-corrected chi connectivity index (χ2v) is 11.9. The zero-order valence-corrected chi connectivity index (χ0v) is 24.3. The number of sulfonamides is 1. The molecule has 38 heavy (non-hydrogen) atoms. The number of carbonyl (C=O) groups excluding carboxylic acids is 2. The number of halogens is 4. The van der Waals surface area contributed by atoms with Crippen LogP contribution in [0.15, 0.2) is 66.7 Å². The van der Waals surface area contributed by atoms with Crippen LogP contribution < -0.4 is 9.62 Å². The third-order valence-corrected chi connectivity index (χ3v) is 8.43. The van der Waals surface area contributed by atoms with Crippen LogP contribution in [0, 0.1) is 0 Å². The van der Waals surface area contributed by atoms with Gasteiger partial charge < -0.3 is 10.2 Å². The van der Waals surface area contributed by atoms with Crippen LogP contribution in [-0.4, -0.2) is 51.0 Å². The summed E-state index contributed by atoms with van der Waals surface area (Å²) in [6, 6.07) is 17.5. The van der Waals surface area contributed by atoms with Crippen molar-refractivity contribution in [1.82, 2.24) is 10.2 Å². The number of likely N-dealkylation sites (N-methyl/N-ethyl adjacent to an activating group) is 1. The standard InChI is InChI=1S/C26H25Cl4N3O4S/c1-31-26(35)23(14-17-8-4-3-5-9-17)32(15-18-19(27)10-6-11-20(18)28)24(34)16-33(38(2,36)37)22-13-7-12-21(29)25(22)30/h3-13,23H,14-16H2,1-2H3,(H,31,35). The lowest BCUT2D eigenvalue weighted by Gasteiger charge is -2.33. The van der Waals surface area contributed by atoms with E-state index in [-0.39, 0.29) is 28.7 Å². The molecule has 0 bridgehead atoms. The summed E-state index contributed by atoms with van der Waals surface area (Å²) >= 11 is 25.2. The number of hydrogen-bond donors (Lipinski definition) is 1. The Labute approximate surface area is 242 Å². The average molecular weight is 617 g/mol. The second-order valence-electron chi connectivity index (χ2n) is 8.38. The molecule has 12 heteroatoms. The van der Waals surface area contributed by atoms with Crippen LogP contribution in [0.3, 0.4) is 0 Å². The summed E-state index contributed by atoms with van der Waals surface area (Å²) in [4.78, 5) is 28.3. The number of nitrogens with one attached hydrogen (secondary N) is 1. The van der Waals surface area contributed by atoms with Crippen molar-refractivity contribution in [3.05, 3.63) is 97.9 Å². The van der Waals surface area contributed by atoms with Crippen LogP contribution in [0.2, 0.25) is 20.1 Å². The predicted octanol–water partition coefficient (Wildman–Crippen LogP) is 5.45. The molecule has 3 aromatic rings. The molecule has 0 aliphatic heterocycles. The van der Waals surface area contributed by atoms with Crippen molar-refractivity contribution in [3.8, 4) is 0 Å². The summed E-state index contributed by atoms with van der Waals surface area (Å²) in [6.07, 6.45) is 1.11. The lowest BCUT2D eigenvalue weighted by Crippen LogP contribution is -2.53. The van der Waals surface area contributed by atoms with Gasteiger partial charge in [-0.1, -0.05) is 88.9 Å². The highest BCUT2D eigenvalue weighted by molar-refractivity contribution is 7.92. The van der Waals surface area contributed by atoms with Crippen molar-refractivity contribution in [2.24, 2.45) is 0 Å². The monoisotopic (exact) mass is 615 g/mol. The molecular formula is C26H25Cl4N3O4S. The van der Waals surface area contributed by atoms with Crippen LogP contribution in [0.25, 0.3) is 0 Å². The molecule has 2 amide bonds. The van der Waals surface area contributed by atoms with Crippen LogP contribution in [0.1, 0.15) is 11.1 Å². The molecule has 1 atom stereocenters. The maximum atomic E-state index is 13.9. The zero-order chi connectivity index (χ0) is 28.0. The predicted molar refractivity (Wildman–Crippen MR) is 154 cm³/mol. The molecule has 0 saturated heterocycles. The molecule has 7 nitrogen and oxygen atoms in total. The number of nitrogens with zero attached hydrogens (tertiary/aromatic N) is 2. The van der Waals surface area contributed by atoms with Crippen molar-refractivity contribution in [3.63, 3.8) is 0 Å². The van der Waals surface area contributed by atoms with Gasteiger partial charge in [-0.3, -0.25) is 13.9 Å². The maximum absolute atomic E-state index is 13.9. The van der Waals surface area contributed by atoms with Crippen LogP contribution in [0.4, 0.5) is 5.69 Å². The summed E-state index contributed by atoms with van der Waals surface area (Å²) in [6.45, 7) is -0.799. The van der Waals surface area contributed by atoms with Crippen LogP contribution in [0.5, 0.6) is 0 Å². The Hall–Kier alpha value is -2.49. The van der Waals surface area contributed by atoms with Gasteiger partial charge in [-0.25, -0.2) is 8.42 Å². The summed E-state index contributed by atoms with van der Waals surface area (Å²) < 4.78 is 26.5. The lowest BCUT2D eigenvalue weighted by molar-refractivity contribution is -0.139. The Morgan fingerprint density at radius 3 is 2.03 bits per heavy atom. The minimum atomic E-state index is -4.00. The Morgan fingerprint density at radius 2 is 1.45 bits per heavy atom. The van der Waals surface area contributed by atoms with E-state index in [0.717, 1.165) is 16.1 Å². The third-order valence-electron chi connectivity index (χ3n) is 5.79. The molecule has 0 aromatic heterocycles. The zero-order valence-electron chi connectivity index (χ0n) is 20.5. The SMILES string of the molecule is CNC(=O)C(Cc1ccccc1)N(Cc1c(Cl)cccc1Cl)C(=O)CN(c1cccc(Cl)c1Cl)S(C)(=O)=O. The third kappa shape index (κ3) is 7.33. The smallest absolute Gasteiger partial charge is 0.244 e. The molecule has 0 spiro atoms. The number of amides is 2. The molecule has 0 aliphatic carbocycles. The molecule has 0 aliphatic rings. The number of carbonyl (C=O) groups is 2. The fourth-order valence-electron chi connectivity index (χ4n) is 3.85. The van der Waals surface area contributed by atoms with E-state index in [1.54, 1.807) is 18.2 Å². The van der Waals surface area contributed by atoms with E-state index in [9.17, 15) is 18.0 Å². The van der Waals surface area contributed by atoms with Crippen molar-refractivity contribution in [1.29, 1.82) is 0 Å². The molecule has 1 unspecified atom stereocenters. The van der Waals surface area contributed by atoms with E-state index in [4.69, 9.17) is 46.4 Å². The van der Waals surface area contributed by atoms with Gasteiger partial charge >= 0.3 is 0 Å². The van der Waals surface area contributed by atoms with Crippen LogP contribution >= 0.6 is 46.4 Å². The largest absolute Gasteiger partial charge is 0.357 e. The second kappa shape index (κ2) is 13.0. The molecule has 0 fully saturated rings. The first-order valence-electron chi connectivity index (χ1n) is 11.3. The molecule has 1 N–H and O–H groups in total. The van der Waals surface area contributed by atoms with Crippen molar-refractivity contribution in [2.45, 2.75) is 19.0 Å². The van der Waals surface area contributed by atoms with Crippen molar-refractivity contribution >= 4 is 73.9 Å². The fraction of sp³-hybridized carbons (Fsp3) is 0.231. The molecular weight excluding hydrogens is 592 g/mol. The van der Waals surface area contributed by atoms with E-state index >= 15 is 0 Å². The number of anilines is 1. The Balaban J connectivity index is 2.10. The van der Waals surface area contributed by atoms with E-state index in [1.807, 2.05) is 30.3 Å². The lowest BCUT2D eigenvalue weighted by atomic mass is 10.0. The summed E-state index contributed by atoms with van der Waals surface area (Å²) in [7, 11) is -2.54. The minimum Gasteiger partial charge on any atom is -0.357 e. The van der Waals surface area contributed by atoms with Gasteiger partial charge in [0.15, 0.2) is 0 Å². The molecule has 0 heterocycles. The normalized spacial score (nSPS) is 12.1. The van der Waals surface area contributed by atoms with Gasteiger partial charge in [-0.15, -0.1) is 0 Å². The van der Waals surface area contributed by atoms with E-state index in [2.05, 4.69) is 5.32 Å². The summed E-state index contributed by atoms with van der Waals surface area (Å²) in [5, 5.41) is 3.28. The van der Waals surface area contributed by atoms with Crippen LogP contribution in [-0.2, 0) is 32.6 Å². The number of benzene rings is 3.